The minimum absolute atomic E-state index is 0.165. The molecule has 23 heavy (non-hydrogen) atoms. The Labute approximate surface area is 136 Å². The fraction of sp³-hybridized carbons (Fsp3) is 0.529. The lowest BCUT2D eigenvalue weighted by molar-refractivity contribution is -0.130. The van der Waals surface area contributed by atoms with Gasteiger partial charge in [0, 0.05) is 45.1 Å². The molecular formula is C17H23N5O. The summed E-state index contributed by atoms with van der Waals surface area (Å²) < 4.78 is 1.94. The van der Waals surface area contributed by atoms with Gasteiger partial charge in [-0.2, -0.15) is 5.10 Å². The van der Waals surface area contributed by atoms with E-state index in [9.17, 15) is 4.79 Å². The van der Waals surface area contributed by atoms with E-state index in [-0.39, 0.29) is 5.91 Å². The Morgan fingerprint density at radius 2 is 2.13 bits per heavy atom. The Kier molecular flexibility index (Phi) is 4.69. The van der Waals surface area contributed by atoms with Crippen LogP contribution < -0.4 is 0 Å². The van der Waals surface area contributed by atoms with Crippen LogP contribution in [0.1, 0.15) is 32.4 Å². The fourth-order valence-corrected chi connectivity index (χ4v) is 3.31. The minimum atomic E-state index is 0.165. The van der Waals surface area contributed by atoms with Gasteiger partial charge in [-0.25, -0.2) is 0 Å². The number of amides is 1. The van der Waals surface area contributed by atoms with Crippen molar-refractivity contribution in [3.05, 3.63) is 30.4 Å². The highest BCUT2D eigenvalue weighted by Crippen LogP contribution is 2.25. The molecule has 0 spiro atoms. The second-order valence-corrected chi connectivity index (χ2v) is 6.06. The summed E-state index contributed by atoms with van der Waals surface area (Å²) in [6.45, 7) is 6.22. The van der Waals surface area contributed by atoms with Gasteiger partial charge >= 0.3 is 0 Å². The predicted octanol–water partition coefficient (Wildman–Crippen LogP) is 2.16. The lowest BCUT2D eigenvalue weighted by atomic mass is 9.92. The van der Waals surface area contributed by atoms with E-state index < -0.39 is 0 Å². The molecule has 1 aliphatic rings. The number of likely N-dealkylation sites (tertiary alicyclic amines) is 1. The van der Waals surface area contributed by atoms with Gasteiger partial charge < -0.3 is 4.90 Å². The largest absolute Gasteiger partial charge is 0.343 e. The molecule has 0 aliphatic carbocycles. The van der Waals surface area contributed by atoms with Crippen molar-refractivity contribution < 1.29 is 4.79 Å². The first-order valence-electron chi connectivity index (χ1n) is 8.26. The number of aryl methyl sites for hydroxylation is 1. The van der Waals surface area contributed by atoms with E-state index in [2.05, 4.69) is 22.0 Å². The van der Waals surface area contributed by atoms with E-state index in [0.29, 0.717) is 5.92 Å². The van der Waals surface area contributed by atoms with Crippen molar-refractivity contribution in [2.24, 2.45) is 5.92 Å². The zero-order chi connectivity index (χ0) is 16.2. The van der Waals surface area contributed by atoms with Crippen LogP contribution in [0.2, 0.25) is 0 Å². The highest BCUT2D eigenvalue weighted by Gasteiger charge is 2.24. The third-order valence-corrected chi connectivity index (χ3v) is 4.48. The van der Waals surface area contributed by atoms with Crippen LogP contribution in [0.5, 0.6) is 0 Å². The van der Waals surface area contributed by atoms with Gasteiger partial charge in [-0.05, 0) is 38.2 Å². The zero-order valence-electron chi connectivity index (χ0n) is 13.8. The summed E-state index contributed by atoms with van der Waals surface area (Å²) in [7, 11) is 0. The first-order valence-corrected chi connectivity index (χ1v) is 8.26. The number of nitrogens with zero attached hydrogens (tertiary/aromatic N) is 5. The Bertz CT molecular complexity index is 681. The normalized spacial score (nSPS) is 18.2. The molecule has 0 bridgehead atoms. The highest BCUT2D eigenvalue weighted by atomic mass is 16.2. The highest BCUT2D eigenvalue weighted by molar-refractivity contribution is 5.73. The van der Waals surface area contributed by atoms with Crippen LogP contribution in [0.25, 0.3) is 11.4 Å². The summed E-state index contributed by atoms with van der Waals surface area (Å²) in [5.74, 6) is 0.610. The van der Waals surface area contributed by atoms with E-state index in [4.69, 9.17) is 0 Å². The van der Waals surface area contributed by atoms with Crippen LogP contribution >= 0.6 is 0 Å². The van der Waals surface area contributed by atoms with Crippen molar-refractivity contribution in [2.45, 2.75) is 39.7 Å². The van der Waals surface area contributed by atoms with Crippen molar-refractivity contribution in [1.82, 2.24) is 24.6 Å². The van der Waals surface area contributed by atoms with Gasteiger partial charge in [0.1, 0.15) is 5.69 Å². The van der Waals surface area contributed by atoms with Crippen LogP contribution in [0.3, 0.4) is 0 Å². The number of piperidine rings is 1. The van der Waals surface area contributed by atoms with Crippen LogP contribution in [-0.2, 0) is 17.8 Å². The average molecular weight is 313 g/mol. The first kappa shape index (κ1) is 15.6. The van der Waals surface area contributed by atoms with Gasteiger partial charge in [-0.1, -0.05) is 0 Å². The summed E-state index contributed by atoms with van der Waals surface area (Å²) in [6, 6.07) is 1.99. The van der Waals surface area contributed by atoms with E-state index in [0.717, 1.165) is 56.0 Å². The molecule has 1 atom stereocenters. The monoisotopic (exact) mass is 313 g/mol. The smallest absolute Gasteiger partial charge is 0.219 e. The van der Waals surface area contributed by atoms with Gasteiger partial charge in [-0.15, -0.1) is 0 Å². The molecule has 2 aromatic rings. The third kappa shape index (κ3) is 3.41. The number of hydrogen-bond donors (Lipinski definition) is 0. The number of carbonyl (C=O) groups is 1. The van der Waals surface area contributed by atoms with Crippen molar-refractivity contribution >= 4 is 5.91 Å². The lowest BCUT2D eigenvalue weighted by Gasteiger charge is -2.32. The molecule has 1 fully saturated rings. The molecule has 1 saturated heterocycles. The Morgan fingerprint density at radius 1 is 1.30 bits per heavy atom. The van der Waals surface area contributed by atoms with E-state index in [1.165, 1.54) is 0 Å². The van der Waals surface area contributed by atoms with Crippen LogP contribution in [0.4, 0.5) is 0 Å². The van der Waals surface area contributed by atoms with Crippen LogP contribution in [-0.4, -0.2) is 43.6 Å². The van der Waals surface area contributed by atoms with Gasteiger partial charge in [0.05, 0.1) is 11.4 Å². The Morgan fingerprint density at radius 3 is 2.91 bits per heavy atom. The van der Waals surface area contributed by atoms with E-state index in [1.54, 1.807) is 25.5 Å². The van der Waals surface area contributed by atoms with Crippen molar-refractivity contribution in [2.75, 3.05) is 13.1 Å². The minimum Gasteiger partial charge on any atom is -0.343 e. The molecule has 0 aromatic carbocycles. The van der Waals surface area contributed by atoms with Crippen molar-refractivity contribution in [3.8, 4) is 11.4 Å². The second kappa shape index (κ2) is 6.89. The third-order valence-electron chi connectivity index (χ3n) is 4.48. The van der Waals surface area contributed by atoms with Gasteiger partial charge in [0.2, 0.25) is 5.91 Å². The lowest BCUT2D eigenvalue weighted by Crippen LogP contribution is -2.39. The number of aromatic nitrogens is 4. The molecular weight excluding hydrogens is 290 g/mol. The topological polar surface area (TPSA) is 63.9 Å². The number of carbonyl (C=O) groups excluding carboxylic acids is 1. The maximum atomic E-state index is 11.6. The van der Waals surface area contributed by atoms with Gasteiger partial charge in [0.15, 0.2) is 0 Å². The summed E-state index contributed by atoms with van der Waals surface area (Å²) >= 11 is 0. The average Bonchev–Trinajstić information content (AvgIpc) is 3.04. The van der Waals surface area contributed by atoms with Gasteiger partial charge in [0.25, 0.3) is 0 Å². The molecule has 6 nitrogen and oxygen atoms in total. The molecule has 0 radical (unpaired) electrons. The SMILES string of the molecule is CCn1nccc1-c1nccnc1CC1CCCN(C(C)=O)C1. The quantitative estimate of drug-likeness (QED) is 0.867. The maximum absolute atomic E-state index is 11.6. The van der Waals surface area contributed by atoms with Crippen molar-refractivity contribution in [1.29, 1.82) is 0 Å². The Hall–Kier alpha value is -2.24. The van der Waals surface area contributed by atoms with Crippen LogP contribution in [0.15, 0.2) is 24.7 Å². The molecule has 0 N–H and O–H groups in total. The molecule has 1 unspecified atom stereocenters. The molecule has 2 aromatic heterocycles. The van der Waals surface area contributed by atoms with E-state index in [1.807, 2.05) is 15.6 Å². The standard InChI is InChI=1S/C17H23N5O/c1-3-22-16(6-7-20-22)17-15(18-8-9-19-17)11-14-5-4-10-21(12-14)13(2)23/h6-9,14H,3-5,10-12H2,1-2H3. The summed E-state index contributed by atoms with van der Waals surface area (Å²) in [5, 5.41) is 4.33. The summed E-state index contributed by atoms with van der Waals surface area (Å²) in [6.07, 6.45) is 8.32. The Balaban J connectivity index is 1.82. The van der Waals surface area contributed by atoms with E-state index >= 15 is 0 Å². The maximum Gasteiger partial charge on any atom is 0.219 e. The summed E-state index contributed by atoms with van der Waals surface area (Å²) in [5.41, 5.74) is 2.92. The predicted molar refractivity (Wildman–Crippen MR) is 87.6 cm³/mol. The molecule has 3 rings (SSSR count). The molecule has 1 aliphatic heterocycles. The fourth-order valence-electron chi connectivity index (χ4n) is 3.31. The molecule has 3 heterocycles. The molecule has 6 heteroatoms. The van der Waals surface area contributed by atoms with Crippen molar-refractivity contribution in [3.63, 3.8) is 0 Å². The van der Waals surface area contributed by atoms with Crippen LogP contribution in [0, 0.1) is 5.92 Å². The number of hydrogen-bond acceptors (Lipinski definition) is 4. The van der Waals surface area contributed by atoms with Gasteiger partial charge in [-0.3, -0.25) is 19.4 Å². The molecule has 1 amide bonds. The molecule has 122 valence electrons. The first-order chi connectivity index (χ1) is 11.2. The molecule has 0 saturated carbocycles. The number of rotatable bonds is 4. The summed E-state index contributed by atoms with van der Waals surface area (Å²) in [4.78, 5) is 22.7. The second-order valence-electron chi connectivity index (χ2n) is 6.06. The zero-order valence-corrected chi connectivity index (χ0v) is 13.8.